The van der Waals surface area contributed by atoms with Crippen molar-refractivity contribution in [2.75, 3.05) is 0 Å². The molecule has 0 aromatic carbocycles. The molecule has 25 heavy (non-hydrogen) atoms. The van der Waals surface area contributed by atoms with Gasteiger partial charge in [0, 0.05) is 18.0 Å². The van der Waals surface area contributed by atoms with E-state index in [9.17, 15) is 4.79 Å². The number of thioether (sulfide) groups is 1. The fourth-order valence-corrected chi connectivity index (χ4v) is 4.56. The van der Waals surface area contributed by atoms with Gasteiger partial charge in [0.05, 0.1) is 11.1 Å². The molecule has 3 heterocycles. The van der Waals surface area contributed by atoms with Gasteiger partial charge in [0.2, 0.25) is 0 Å². The normalized spacial score (nSPS) is 11.3. The highest BCUT2D eigenvalue weighted by Crippen LogP contribution is 2.29. The molecule has 0 aliphatic carbocycles. The Morgan fingerprint density at radius 2 is 2.16 bits per heavy atom. The second-order valence-corrected chi connectivity index (χ2v) is 7.81. The first-order valence-electron chi connectivity index (χ1n) is 8.06. The predicted octanol–water partition coefficient (Wildman–Crippen LogP) is 2.95. The van der Waals surface area contributed by atoms with Crippen LogP contribution < -0.4 is 5.56 Å². The molecule has 3 aromatic heterocycles. The zero-order valence-corrected chi connectivity index (χ0v) is 16.2. The van der Waals surface area contributed by atoms with Crippen molar-refractivity contribution in [3.8, 4) is 0 Å². The van der Waals surface area contributed by atoms with Crippen molar-refractivity contribution < 1.29 is 0 Å². The molecule has 3 aromatic rings. The molecule has 0 fully saturated rings. The molecule has 132 valence electrons. The summed E-state index contributed by atoms with van der Waals surface area (Å²) in [5.74, 6) is 1.34. The number of aryl methyl sites for hydroxylation is 3. The van der Waals surface area contributed by atoms with E-state index in [1.165, 1.54) is 11.8 Å². The lowest BCUT2D eigenvalue weighted by molar-refractivity contribution is 0.564. The highest BCUT2D eigenvalue weighted by molar-refractivity contribution is 7.98. The fraction of sp³-hybridized carbons (Fsp3) is 0.438. The molecule has 0 bridgehead atoms. The quantitative estimate of drug-likeness (QED) is 0.358. The van der Waals surface area contributed by atoms with E-state index in [0.717, 1.165) is 34.1 Å². The zero-order valence-electron chi connectivity index (χ0n) is 14.5. The lowest BCUT2D eigenvalue weighted by Crippen LogP contribution is -2.22. The van der Waals surface area contributed by atoms with E-state index < -0.39 is 0 Å². The summed E-state index contributed by atoms with van der Waals surface area (Å²) in [7, 11) is 0. The Bertz CT molecular complexity index is 971. The van der Waals surface area contributed by atoms with E-state index in [1.54, 1.807) is 26.7 Å². The van der Waals surface area contributed by atoms with Crippen LogP contribution >= 0.6 is 23.1 Å². The molecule has 0 saturated heterocycles. The summed E-state index contributed by atoms with van der Waals surface area (Å²) >= 11 is 3.04. The predicted molar refractivity (Wildman–Crippen MR) is 101 cm³/mol. The summed E-state index contributed by atoms with van der Waals surface area (Å²) in [6.45, 7) is 11.0. The van der Waals surface area contributed by atoms with Crippen LogP contribution in [0.15, 0.2) is 22.6 Å². The van der Waals surface area contributed by atoms with Crippen LogP contribution in [0.4, 0.5) is 0 Å². The fourth-order valence-electron chi connectivity index (χ4n) is 2.55. The van der Waals surface area contributed by atoms with Gasteiger partial charge >= 0.3 is 0 Å². The SMILES string of the molecule is C=CCn1c(SCc2nnnn2CCC)nc2sc(C)c(C)c2c1=O. The number of fused-ring (bicyclic) bond motifs is 1. The maximum absolute atomic E-state index is 12.9. The second kappa shape index (κ2) is 7.49. The summed E-state index contributed by atoms with van der Waals surface area (Å²) in [6, 6.07) is 0. The van der Waals surface area contributed by atoms with Gasteiger partial charge in [0.25, 0.3) is 5.56 Å². The molecule has 0 aliphatic rings. The number of rotatable bonds is 7. The summed E-state index contributed by atoms with van der Waals surface area (Å²) in [4.78, 5) is 19.6. The topological polar surface area (TPSA) is 78.5 Å². The summed E-state index contributed by atoms with van der Waals surface area (Å²) < 4.78 is 3.47. The molecule has 0 unspecified atom stereocenters. The smallest absolute Gasteiger partial charge is 0.263 e. The number of hydrogen-bond acceptors (Lipinski definition) is 7. The molecule has 0 N–H and O–H groups in total. The Kier molecular flexibility index (Phi) is 5.33. The van der Waals surface area contributed by atoms with E-state index in [1.807, 2.05) is 13.8 Å². The van der Waals surface area contributed by atoms with Crippen LogP contribution in [0, 0.1) is 13.8 Å². The van der Waals surface area contributed by atoms with Crippen LogP contribution in [0.2, 0.25) is 0 Å². The van der Waals surface area contributed by atoms with Crippen molar-refractivity contribution in [3.05, 3.63) is 39.3 Å². The Hall–Kier alpha value is -2.00. The van der Waals surface area contributed by atoms with E-state index in [2.05, 4.69) is 29.0 Å². The lowest BCUT2D eigenvalue weighted by Gasteiger charge is -2.10. The van der Waals surface area contributed by atoms with Gasteiger partial charge in [-0.25, -0.2) is 9.67 Å². The highest BCUT2D eigenvalue weighted by atomic mass is 32.2. The third kappa shape index (κ3) is 3.38. The van der Waals surface area contributed by atoms with Crippen molar-refractivity contribution in [2.45, 2.75) is 51.2 Å². The maximum Gasteiger partial charge on any atom is 0.263 e. The van der Waals surface area contributed by atoms with Crippen LogP contribution in [-0.2, 0) is 18.8 Å². The number of nitrogens with zero attached hydrogens (tertiary/aromatic N) is 6. The van der Waals surface area contributed by atoms with E-state index >= 15 is 0 Å². The van der Waals surface area contributed by atoms with Gasteiger partial charge in [-0.2, -0.15) is 0 Å². The summed E-state index contributed by atoms with van der Waals surface area (Å²) in [5, 5.41) is 13.2. The maximum atomic E-state index is 12.9. The Balaban J connectivity index is 2.00. The van der Waals surface area contributed by atoms with Gasteiger partial charge in [0.1, 0.15) is 4.83 Å². The molecular weight excluding hydrogens is 356 g/mol. The van der Waals surface area contributed by atoms with E-state index in [0.29, 0.717) is 22.8 Å². The molecule has 0 atom stereocenters. The third-order valence-corrected chi connectivity index (χ3v) is 6.01. The standard InChI is InChI=1S/C16H20N6OS2/c1-5-7-21-15(23)13-10(3)11(4)25-14(13)17-16(21)24-9-12-18-19-20-22(12)8-6-2/h5H,1,6-9H2,2-4H3. The van der Waals surface area contributed by atoms with Crippen LogP contribution in [0.3, 0.4) is 0 Å². The van der Waals surface area contributed by atoms with Crippen molar-refractivity contribution in [1.82, 2.24) is 29.8 Å². The Morgan fingerprint density at radius 1 is 1.36 bits per heavy atom. The van der Waals surface area contributed by atoms with Crippen molar-refractivity contribution >= 4 is 33.3 Å². The first-order chi connectivity index (χ1) is 12.1. The van der Waals surface area contributed by atoms with Gasteiger partial charge in [-0.15, -0.1) is 23.0 Å². The van der Waals surface area contributed by atoms with Crippen molar-refractivity contribution in [3.63, 3.8) is 0 Å². The largest absolute Gasteiger partial charge is 0.283 e. The number of aromatic nitrogens is 6. The second-order valence-electron chi connectivity index (χ2n) is 5.67. The van der Waals surface area contributed by atoms with Gasteiger partial charge in [-0.1, -0.05) is 24.8 Å². The lowest BCUT2D eigenvalue weighted by atomic mass is 10.2. The summed E-state index contributed by atoms with van der Waals surface area (Å²) in [5.41, 5.74) is 1.00. The molecule has 3 rings (SSSR count). The average molecular weight is 377 g/mol. The highest BCUT2D eigenvalue weighted by Gasteiger charge is 2.17. The van der Waals surface area contributed by atoms with Gasteiger partial charge < -0.3 is 0 Å². The van der Waals surface area contributed by atoms with Crippen LogP contribution in [0.5, 0.6) is 0 Å². The minimum absolute atomic E-state index is 0.0117. The molecule has 0 amide bonds. The molecule has 0 spiro atoms. The third-order valence-electron chi connectivity index (χ3n) is 3.94. The van der Waals surface area contributed by atoms with Crippen LogP contribution in [0.25, 0.3) is 10.2 Å². The molecular formula is C16H20N6OS2. The number of hydrogen-bond donors (Lipinski definition) is 0. The monoisotopic (exact) mass is 376 g/mol. The molecule has 9 heteroatoms. The van der Waals surface area contributed by atoms with Crippen molar-refractivity contribution in [2.24, 2.45) is 0 Å². The van der Waals surface area contributed by atoms with Gasteiger partial charge in [0.15, 0.2) is 11.0 Å². The van der Waals surface area contributed by atoms with Crippen molar-refractivity contribution in [1.29, 1.82) is 0 Å². The zero-order chi connectivity index (χ0) is 18.0. The first kappa shape index (κ1) is 17.8. The van der Waals surface area contributed by atoms with Crippen LogP contribution in [-0.4, -0.2) is 29.8 Å². The average Bonchev–Trinajstić information content (AvgIpc) is 3.14. The summed E-state index contributed by atoms with van der Waals surface area (Å²) in [6.07, 6.45) is 2.68. The number of tetrazole rings is 1. The van der Waals surface area contributed by atoms with E-state index in [4.69, 9.17) is 4.98 Å². The minimum atomic E-state index is -0.0117. The van der Waals surface area contributed by atoms with Crippen LogP contribution in [0.1, 0.15) is 29.6 Å². The Morgan fingerprint density at radius 3 is 2.88 bits per heavy atom. The number of allylic oxidation sites excluding steroid dienone is 1. The molecule has 0 aliphatic heterocycles. The molecule has 0 saturated carbocycles. The Labute approximate surface area is 153 Å². The van der Waals surface area contributed by atoms with Gasteiger partial charge in [-0.3, -0.25) is 9.36 Å². The molecule has 7 nitrogen and oxygen atoms in total. The number of thiophene rings is 1. The minimum Gasteiger partial charge on any atom is -0.283 e. The van der Waals surface area contributed by atoms with Gasteiger partial charge in [-0.05, 0) is 36.3 Å². The van der Waals surface area contributed by atoms with E-state index in [-0.39, 0.29) is 5.56 Å². The molecule has 0 radical (unpaired) electrons. The first-order valence-corrected chi connectivity index (χ1v) is 9.86.